The Balaban J connectivity index is 3.42. The Bertz CT molecular complexity index is 454. The average Bonchev–Trinajstić information content (AvgIpc) is 2.74. The maximum Gasteiger partial charge on any atom is 0.579 e. The van der Waals surface area contributed by atoms with Gasteiger partial charge in [0.1, 0.15) is 6.42 Å². The Labute approximate surface area is 185 Å². The van der Waals surface area contributed by atoms with E-state index in [4.69, 9.17) is 9.16 Å². The van der Waals surface area contributed by atoms with E-state index in [1.165, 1.54) is 64.1 Å². The highest BCUT2D eigenvalue weighted by atomic mass is 16.5. The summed E-state index contributed by atoms with van der Waals surface area (Å²) in [6.45, 7) is 6.08. The van der Waals surface area contributed by atoms with Crippen molar-refractivity contribution in [1.82, 2.24) is 0 Å². The third-order valence-electron chi connectivity index (χ3n) is 5.05. The molecule has 0 saturated carbocycles. The lowest BCUT2D eigenvalue weighted by molar-refractivity contribution is -0.375. The number of rotatable bonds is 21. The van der Waals surface area contributed by atoms with Gasteiger partial charge in [-0.15, -0.1) is 0 Å². The molecule has 0 heterocycles. The second-order valence-electron chi connectivity index (χ2n) is 7.98. The van der Waals surface area contributed by atoms with Gasteiger partial charge in [0.15, 0.2) is 6.61 Å². The molecule has 0 aliphatic carbocycles. The first-order valence-electron chi connectivity index (χ1n) is 12.3. The Morgan fingerprint density at radius 3 is 2.00 bits per heavy atom. The van der Waals surface area contributed by atoms with Crippen LogP contribution in [0, 0.1) is 6.92 Å². The average molecular weight is 423 g/mol. The lowest BCUT2D eigenvalue weighted by Gasteiger charge is -2.01. The minimum Gasteiger partial charge on any atom is -0.455 e. The third-order valence-corrected chi connectivity index (χ3v) is 5.05. The number of esters is 1. The Morgan fingerprint density at radius 1 is 0.767 bits per heavy atom. The summed E-state index contributed by atoms with van der Waals surface area (Å²) in [5.74, 6) is -0.460. The molecule has 0 aliphatic heterocycles. The fourth-order valence-electron chi connectivity index (χ4n) is 3.17. The molecule has 0 spiro atoms. The molecule has 0 saturated heterocycles. The van der Waals surface area contributed by atoms with Crippen LogP contribution in [0.15, 0.2) is 12.2 Å². The number of carbonyl (C=O) groups excluding carboxylic acids is 3. The standard InChI is InChI=1S/C26H46O4/c1-3-5-7-9-11-12-13-14-15-16-18-20-22-26(28)30-24-23-29-25(27)21-19-17-10-8-6-4-2/h11-12,23H,1,3-10,13-22,24H2,2H3/b12-11-. The summed E-state index contributed by atoms with van der Waals surface area (Å²) in [6.07, 6.45) is 24.9. The van der Waals surface area contributed by atoms with Crippen LogP contribution in [-0.4, -0.2) is 24.8 Å². The van der Waals surface area contributed by atoms with Crippen LogP contribution in [0.2, 0.25) is 0 Å². The van der Waals surface area contributed by atoms with Crippen LogP contribution in [0.5, 0.6) is 0 Å². The van der Waals surface area contributed by atoms with Gasteiger partial charge in [-0.2, -0.15) is 6.42 Å². The molecule has 0 aromatic carbocycles. The van der Waals surface area contributed by atoms with Crippen LogP contribution in [0.25, 0.3) is 0 Å². The number of carbonyl (C=O) groups is 2. The Kier molecular flexibility index (Phi) is 22.7. The van der Waals surface area contributed by atoms with Crippen LogP contribution in [0.4, 0.5) is 0 Å². The van der Waals surface area contributed by atoms with Crippen molar-refractivity contribution in [1.29, 1.82) is 0 Å². The van der Waals surface area contributed by atoms with Crippen LogP contribution in [0.3, 0.4) is 0 Å². The van der Waals surface area contributed by atoms with Crippen LogP contribution < -0.4 is 0 Å². The summed E-state index contributed by atoms with van der Waals surface area (Å²) in [5.41, 5.74) is 0. The minimum atomic E-state index is -0.241. The van der Waals surface area contributed by atoms with Gasteiger partial charge in [-0.25, -0.2) is 0 Å². The molecule has 0 radical (unpaired) electrons. The zero-order chi connectivity index (χ0) is 22.1. The van der Waals surface area contributed by atoms with Gasteiger partial charge >= 0.3 is 11.9 Å². The predicted molar refractivity (Wildman–Crippen MR) is 125 cm³/mol. The van der Waals surface area contributed by atoms with E-state index in [0.717, 1.165) is 44.9 Å². The summed E-state index contributed by atoms with van der Waals surface area (Å²) >= 11 is 0. The first kappa shape index (κ1) is 28.5. The molecule has 4 nitrogen and oxygen atoms in total. The SMILES string of the molecule is [CH2-]CCCC/C=C\CCCCCCCC(=O)OCC=[O+]C(=O)CCCCCCCC. The molecule has 30 heavy (non-hydrogen) atoms. The lowest BCUT2D eigenvalue weighted by atomic mass is 10.1. The smallest absolute Gasteiger partial charge is 0.455 e. The molecule has 0 N–H and O–H groups in total. The van der Waals surface area contributed by atoms with Crippen molar-refractivity contribution >= 4 is 18.2 Å². The zero-order valence-electron chi connectivity index (χ0n) is 19.5. The summed E-state index contributed by atoms with van der Waals surface area (Å²) in [6, 6.07) is 0. The number of ether oxygens (including phenoxy) is 1. The largest absolute Gasteiger partial charge is 0.579 e. The zero-order valence-corrected chi connectivity index (χ0v) is 19.5. The molecular weight excluding hydrogens is 376 g/mol. The van der Waals surface area contributed by atoms with Gasteiger partial charge < -0.3 is 11.7 Å². The monoisotopic (exact) mass is 422 g/mol. The first-order valence-corrected chi connectivity index (χ1v) is 12.3. The fraction of sp³-hybridized carbons (Fsp3) is 0.769. The van der Waals surface area contributed by atoms with E-state index < -0.39 is 0 Å². The number of hydrogen-bond acceptors (Lipinski definition) is 3. The molecule has 0 unspecified atom stereocenters. The molecular formula is C26H46O4. The normalized spacial score (nSPS) is 11.5. The molecule has 174 valence electrons. The molecule has 0 rings (SSSR count). The molecule has 0 fully saturated rings. The van der Waals surface area contributed by atoms with E-state index in [2.05, 4.69) is 26.0 Å². The first-order chi connectivity index (χ1) is 14.7. The lowest BCUT2D eigenvalue weighted by Crippen LogP contribution is -2.08. The molecule has 0 aliphatic rings. The topological polar surface area (TPSA) is 54.7 Å². The van der Waals surface area contributed by atoms with E-state index in [0.29, 0.717) is 12.8 Å². The van der Waals surface area contributed by atoms with Crippen molar-refractivity contribution in [2.24, 2.45) is 0 Å². The van der Waals surface area contributed by atoms with Crippen LogP contribution in [0.1, 0.15) is 122 Å². The van der Waals surface area contributed by atoms with Gasteiger partial charge in [0, 0.05) is 11.2 Å². The Hall–Kier alpha value is -1.45. The van der Waals surface area contributed by atoms with Crippen LogP contribution in [-0.2, 0) is 18.8 Å². The van der Waals surface area contributed by atoms with Crippen molar-refractivity contribution in [2.75, 3.05) is 6.61 Å². The number of aldehydes is 1. The van der Waals surface area contributed by atoms with Gasteiger partial charge in [0.2, 0.25) is 6.29 Å². The van der Waals surface area contributed by atoms with E-state index in [1.807, 2.05) is 0 Å². The third kappa shape index (κ3) is 22.8. The van der Waals surface area contributed by atoms with Crippen molar-refractivity contribution in [2.45, 2.75) is 122 Å². The minimum absolute atomic E-state index is 0.0438. The maximum absolute atomic E-state index is 11.7. The van der Waals surface area contributed by atoms with Crippen molar-refractivity contribution in [3.8, 4) is 0 Å². The highest BCUT2D eigenvalue weighted by Gasteiger charge is 2.11. The second kappa shape index (κ2) is 23.8. The number of unbranched alkanes of at least 4 members (excludes halogenated alkanes) is 13. The van der Waals surface area contributed by atoms with E-state index in [9.17, 15) is 9.59 Å². The fourth-order valence-corrected chi connectivity index (χ4v) is 3.17. The number of allylic oxidation sites excluding steroid dienone is 2. The van der Waals surface area contributed by atoms with Gasteiger partial charge in [0.25, 0.3) is 0 Å². The van der Waals surface area contributed by atoms with Gasteiger partial charge in [-0.05, 0) is 32.1 Å². The van der Waals surface area contributed by atoms with Crippen LogP contribution >= 0.6 is 0 Å². The molecule has 0 bridgehead atoms. The van der Waals surface area contributed by atoms with Gasteiger partial charge in [0.05, 0.1) is 0 Å². The summed E-state index contributed by atoms with van der Waals surface area (Å²) in [4.78, 5) is 23.2. The van der Waals surface area contributed by atoms with Crippen molar-refractivity contribution < 1.29 is 18.8 Å². The molecule has 0 atom stereocenters. The number of hydrogen-bond donors (Lipinski definition) is 0. The summed E-state index contributed by atoms with van der Waals surface area (Å²) in [7, 11) is 0. The summed E-state index contributed by atoms with van der Waals surface area (Å²) < 4.78 is 10.1. The highest BCUT2D eigenvalue weighted by molar-refractivity contribution is 5.73. The van der Waals surface area contributed by atoms with E-state index in [1.54, 1.807) is 0 Å². The van der Waals surface area contributed by atoms with E-state index in [-0.39, 0.29) is 18.5 Å². The Morgan fingerprint density at radius 2 is 1.33 bits per heavy atom. The van der Waals surface area contributed by atoms with Crippen molar-refractivity contribution in [3.05, 3.63) is 19.1 Å². The summed E-state index contributed by atoms with van der Waals surface area (Å²) in [5, 5.41) is 0. The molecule has 0 aromatic rings. The van der Waals surface area contributed by atoms with Crippen molar-refractivity contribution in [3.63, 3.8) is 0 Å². The molecule has 0 amide bonds. The quantitative estimate of drug-likeness (QED) is 0.0490. The second-order valence-corrected chi connectivity index (χ2v) is 7.98. The predicted octanol–water partition coefficient (Wildman–Crippen LogP) is 7.22. The highest BCUT2D eigenvalue weighted by Crippen LogP contribution is 2.09. The molecule has 4 heteroatoms. The van der Waals surface area contributed by atoms with Gasteiger partial charge in [-0.3, -0.25) is 9.22 Å². The van der Waals surface area contributed by atoms with E-state index >= 15 is 0 Å². The molecule has 0 aromatic heterocycles. The van der Waals surface area contributed by atoms with Gasteiger partial charge in [-0.1, -0.05) is 83.3 Å². The maximum atomic E-state index is 11.7.